The highest BCUT2D eigenvalue weighted by Gasteiger charge is 2.34. The fourth-order valence-corrected chi connectivity index (χ4v) is 3.13. The molecule has 2 saturated heterocycles. The quantitative estimate of drug-likeness (QED) is 0.759. The molecule has 5 heteroatoms. The van der Waals surface area contributed by atoms with Gasteiger partial charge in [0, 0.05) is 24.2 Å². The topological polar surface area (TPSA) is 61.4 Å². The average molecular weight is 264 g/mol. The zero-order chi connectivity index (χ0) is 13.4. The molecule has 0 radical (unpaired) electrons. The molecule has 2 bridgehead atoms. The molecule has 0 aliphatic carbocycles. The van der Waals surface area contributed by atoms with Gasteiger partial charge >= 0.3 is 0 Å². The number of hydrogen-bond acceptors (Lipinski definition) is 3. The number of carbonyl (C=O) groups is 1. The van der Waals surface area contributed by atoms with Crippen LogP contribution in [0.3, 0.4) is 0 Å². The first-order valence-corrected chi connectivity index (χ1v) is 6.67. The molecule has 2 aliphatic heterocycles. The van der Waals surface area contributed by atoms with E-state index in [1.165, 1.54) is 12.1 Å². The van der Waals surface area contributed by atoms with Gasteiger partial charge in [-0.05, 0) is 37.8 Å². The predicted octanol–water partition coefficient (Wildman–Crippen LogP) is 1.54. The van der Waals surface area contributed by atoms with Crippen molar-refractivity contribution in [2.75, 3.05) is 0 Å². The number of phenols is 1. The molecule has 3 N–H and O–H groups in total. The molecule has 4 nitrogen and oxygen atoms in total. The summed E-state index contributed by atoms with van der Waals surface area (Å²) < 4.78 is 13.6. The molecule has 1 amide bonds. The zero-order valence-corrected chi connectivity index (χ0v) is 10.5. The molecule has 102 valence electrons. The van der Waals surface area contributed by atoms with Gasteiger partial charge in [-0.2, -0.15) is 0 Å². The van der Waals surface area contributed by atoms with Gasteiger partial charge in [-0.1, -0.05) is 0 Å². The minimum atomic E-state index is -0.686. The highest BCUT2D eigenvalue weighted by atomic mass is 19.1. The fourth-order valence-electron chi connectivity index (χ4n) is 3.13. The van der Waals surface area contributed by atoms with Crippen LogP contribution in [0.1, 0.15) is 36.0 Å². The maximum absolute atomic E-state index is 13.6. The van der Waals surface area contributed by atoms with E-state index in [2.05, 4.69) is 10.6 Å². The van der Waals surface area contributed by atoms with Crippen LogP contribution in [0.15, 0.2) is 18.2 Å². The SMILES string of the molecule is O=C(NC1CC2CCC(C1)N2)c1ccc(O)cc1F. The molecule has 2 aliphatic rings. The van der Waals surface area contributed by atoms with E-state index < -0.39 is 11.7 Å². The molecular weight excluding hydrogens is 247 g/mol. The van der Waals surface area contributed by atoms with Gasteiger partial charge in [0.15, 0.2) is 0 Å². The number of carbonyl (C=O) groups excluding carboxylic acids is 1. The number of benzene rings is 1. The molecule has 2 unspecified atom stereocenters. The maximum atomic E-state index is 13.6. The largest absolute Gasteiger partial charge is 0.508 e. The Hall–Kier alpha value is -1.62. The zero-order valence-electron chi connectivity index (χ0n) is 10.5. The van der Waals surface area contributed by atoms with E-state index in [1.807, 2.05) is 0 Å². The fraction of sp³-hybridized carbons (Fsp3) is 0.500. The molecule has 1 aromatic carbocycles. The smallest absolute Gasteiger partial charge is 0.254 e. The summed E-state index contributed by atoms with van der Waals surface area (Å²) in [6.07, 6.45) is 4.12. The van der Waals surface area contributed by atoms with Crippen LogP contribution in [-0.2, 0) is 0 Å². The lowest BCUT2D eigenvalue weighted by Crippen LogP contribution is -2.48. The van der Waals surface area contributed by atoms with Crippen LogP contribution < -0.4 is 10.6 Å². The lowest BCUT2D eigenvalue weighted by atomic mass is 9.99. The van der Waals surface area contributed by atoms with Crippen LogP contribution in [0.4, 0.5) is 4.39 Å². The monoisotopic (exact) mass is 264 g/mol. The van der Waals surface area contributed by atoms with Crippen molar-refractivity contribution in [1.82, 2.24) is 10.6 Å². The third-order valence-electron chi connectivity index (χ3n) is 4.01. The maximum Gasteiger partial charge on any atom is 0.254 e. The first kappa shape index (κ1) is 12.4. The van der Waals surface area contributed by atoms with E-state index in [9.17, 15) is 9.18 Å². The summed E-state index contributed by atoms with van der Waals surface area (Å²) in [5.74, 6) is -1.26. The second kappa shape index (κ2) is 4.81. The lowest BCUT2D eigenvalue weighted by molar-refractivity contribution is 0.0920. The van der Waals surface area contributed by atoms with Gasteiger partial charge in [-0.3, -0.25) is 4.79 Å². The van der Waals surface area contributed by atoms with Crippen molar-refractivity contribution < 1.29 is 14.3 Å². The van der Waals surface area contributed by atoms with Gasteiger partial charge in [0.05, 0.1) is 5.56 Å². The molecule has 3 rings (SSSR count). The van der Waals surface area contributed by atoms with Gasteiger partial charge in [-0.25, -0.2) is 4.39 Å². The Morgan fingerprint density at radius 2 is 2.00 bits per heavy atom. The third kappa shape index (κ3) is 2.56. The van der Waals surface area contributed by atoms with Crippen LogP contribution in [0.2, 0.25) is 0 Å². The Bertz CT molecular complexity index is 494. The number of halogens is 1. The Morgan fingerprint density at radius 1 is 1.32 bits per heavy atom. The highest BCUT2D eigenvalue weighted by molar-refractivity contribution is 5.94. The number of rotatable bonds is 2. The van der Waals surface area contributed by atoms with Gasteiger partial charge in [0.25, 0.3) is 5.91 Å². The number of nitrogens with one attached hydrogen (secondary N) is 2. The molecule has 1 aromatic rings. The minimum absolute atomic E-state index is 0.0105. The van der Waals surface area contributed by atoms with Gasteiger partial charge < -0.3 is 15.7 Å². The van der Waals surface area contributed by atoms with E-state index in [1.54, 1.807) is 0 Å². The molecular formula is C14H17FN2O2. The Labute approximate surface area is 111 Å². The Kier molecular flexibility index (Phi) is 3.14. The van der Waals surface area contributed by atoms with Gasteiger partial charge in [0.1, 0.15) is 11.6 Å². The summed E-state index contributed by atoms with van der Waals surface area (Å²) in [5.41, 5.74) is -0.0105. The minimum Gasteiger partial charge on any atom is -0.508 e. The van der Waals surface area contributed by atoms with Crippen molar-refractivity contribution in [2.45, 2.75) is 43.8 Å². The highest BCUT2D eigenvalue weighted by Crippen LogP contribution is 2.27. The molecule has 19 heavy (non-hydrogen) atoms. The van der Waals surface area contributed by atoms with Crippen LogP contribution in [0, 0.1) is 5.82 Å². The van der Waals surface area contributed by atoms with E-state index in [-0.39, 0.29) is 17.4 Å². The number of amides is 1. The summed E-state index contributed by atoms with van der Waals surface area (Å²) in [6.45, 7) is 0. The summed E-state index contributed by atoms with van der Waals surface area (Å²) in [6, 6.07) is 4.67. The van der Waals surface area contributed by atoms with Crippen LogP contribution in [0.25, 0.3) is 0 Å². The second-order valence-corrected chi connectivity index (χ2v) is 5.44. The third-order valence-corrected chi connectivity index (χ3v) is 4.01. The van der Waals surface area contributed by atoms with Crippen molar-refractivity contribution in [3.05, 3.63) is 29.6 Å². The summed E-state index contributed by atoms with van der Waals surface area (Å²) in [4.78, 5) is 12.0. The number of hydrogen-bond donors (Lipinski definition) is 3. The first-order chi connectivity index (χ1) is 9.11. The lowest BCUT2D eigenvalue weighted by Gasteiger charge is -2.29. The van der Waals surface area contributed by atoms with E-state index >= 15 is 0 Å². The normalized spacial score (nSPS) is 29.2. The molecule has 0 aromatic heterocycles. The summed E-state index contributed by atoms with van der Waals surface area (Å²) in [5, 5.41) is 15.5. The molecule has 0 saturated carbocycles. The second-order valence-electron chi connectivity index (χ2n) is 5.44. The molecule has 0 spiro atoms. The van der Waals surface area contributed by atoms with E-state index in [0.717, 1.165) is 31.7 Å². The van der Waals surface area contributed by atoms with E-state index in [0.29, 0.717) is 12.1 Å². The molecule has 2 fully saturated rings. The number of fused-ring (bicyclic) bond motifs is 2. The number of piperidine rings is 1. The van der Waals surface area contributed by atoms with Crippen LogP contribution >= 0.6 is 0 Å². The van der Waals surface area contributed by atoms with Gasteiger partial charge in [-0.15, -0.1) is 0 Å². The van der Waals surface area contributed by atoms with E-state index in [4.69, 9.17) is 5.11 Å². The first-order valence-electron chi connectivity index (χ1n) is 6.67. The van der Waals surface area contributed by atoms with Gasteiger partial charge in [0.2, 0.25) is 0 Å². The van der Waals surface area contributed by atoms with Crippen molar-refractivity contribution >= 4 is 5.91 Å². The Balaban J connectivity index is 1.68. The van der Waals surface area contributed by atoms with Crippen LogP contribution in [-0.4, -0.2) is 29.1 Å². The van der Waals surface area contributed by atoms with Crippen LogP contribution in [0.5, 0.6) is 5.75 Å². The average Bonchev–Trinajstić information content (AvgIpc) is 2.68. The Morgan fingerprint density at radius 3 is 2.63 bits per heavy atom. The number of phenolic OH excluding ortho intramolecular Hbond substituents is 1. The summed E-state index contributed by atoms with van der Waals surface area (Å²) >= 11 is 0. The van der Waals surface area contributed by atoms with Crippen molar-refractivity contribution in [3.8, 4) is 5.75 Å². The van der Waals surface area contributed by atoms with Crippen molar-refractivity contribution in [2.24, 2.45) is 0 Å². The standard InChI is InChI=1S/C14H17FN2O2/c15-13-7-11(18)3-4-12(13)14(19)17-10-5-8-1-2-9(6-10)16-8/h3-4,7-10,16,18H,1-2,5-6H2,(H,17,19). The number of aromatic hydroxyl groups is 1. The van der Waals surface area contributed by atoms with Crippen molar-refractivity contribution in [1.29, 1.82) is 0 Å². The molecule has 2 heterocycles. The molecule has 2 atom stereocenters. The summed E-state index contributed by atoms with van der Waals surface area (Å²) in [7, 11) is 0. The predicted molar refractivity (Wildman–Crippen MR) is 68.5 cm³/mol. The van der Waals surface area contributed by atoms with Crippen molar-refractivity contribution in [3.63, 3.8) is 0 Å².